The molecule has 3 rings (SSSR count). The number of H-pyrrole nitrogens is 1. The van der Waals surface area contributed by atoms with Gasteiger partial charge in [0.1, 0.15) is 12.7 Å². The van der Waals surface area contributed by atoms with Gasteiger partial charge < -0.3 is 10.6 Å². The summed E-state index contributed by atoms with van der Waals surface area (Å²) in [7, 11) is 0. The van der Waals surface area contributed by atoms with Crippen molar-refractivity contribution >= 4 is 11.7 Å². The highest BCUT2D eigenvalue weighted by Gasteiger charge is 2.04. The Kier molecular flexibility index (Phi) is 4.80. The highest BCUT2D eigenvalue weighted by Crippen LogP contribution is 2.08. The zero-order valence-corrected chi connectivity index (χ0v) is 13.2. The van der Waals surface area contributed by atoms with Crippen LogP contribution in [0.4, 0.5) is 10.5 Å². The highest BCUT2D eigenvalue weighted by atomic mass is 16.2. The van der Waals surface area contributed by atoms with Crippen LogP contribution in [0.15, 0.2) is 37.2 Å². The number of carbonyl (C=O) groups excluding carboxylic acids is 1. The van der Waals surface area contributed by atoms with E-state index in [4.69, 9.17) is 0 Å². The molecule has 0 aliphatic carbocycles. The average molecular weight is 326 g/mol. The van der Waals surface area contributed by atoms with E-state index in [9.17, 15) is 4.79 Å². The van der Waals surface area contributed by atoms with Gasteiger partial charge in [0.2, 0.25) is 0 Å². The second kappa shape index (κ2) is 7.36. The van der Waals surface area contributed by atoms with Gasteiger partial charge in [0, 0.05) is 12.2 Å². The summed E-state index contributed by atoms with van der Waals surface area (Å²) in [6.45, 7) is 2.57. The first-order chi connectivity index (χ1) is 11.7. The summed E-state index contributed by atoms with van der Waals surface area (Å²) < 4.78 is 1.54. The summed E-state index contributed by atoms with van der Waals surface area (Å²) in [5.74, 6) is 0.633. The van der Waals surface area contributed by atoms with E-state index in [1.807, 2.05) is 13.1 Å². The molecule has 0 aromatic carbocycles. The Labute approximate surface area is 138 Å². The van der Waals surface area contributed by atoms with Crippen LogP contribution in [0.1, 0.15) is 17.7 Å². The van der Waals surface area contributed by atoms with Crippen LogP contribution in [0, 0.1) is 6.92 Å². The Hall–Kier alpha value is -3.23. The minimum absolute atomic E-state index is 0.255. The van der Waals surface area contributed by atoms with E-state index in [1.54, 1.807) is 29.3 Å². The lowest BCUT2D eigenvalue weighted by atomic mass is 10.1. The van der Waals surface area contributed by atoms with Gasteiger partial charge in [0.15, 0.2) is 5.82 Å². The first kappa shape index (κ1) is 15.7. The van der Waals surface area contributed by atoms with Crippen LogP contribution >= 0.6 is 0 Å². The van der Waals surface area contributed by atoms with Crippen molar-refractivity contribution in [3.63, 3.8) is 0 Å². The lowest BCUT2D eigenvalue weighted by molar-refractivity contribution is 0.252. The fourth-order valence-electron chi connectivity index (χ4n) is 2.21. The minimum Gasteiger partial charge on any atom is -0.338 e. The maximum atomic E-state index is 11.9. The number of rotatable bonds is 6. The van der Waals surface area contributed by atoms with Gasteiger partial charge in [-0.2, -0.15) is 10.2 Å². The van der Waals surface area contributed by atoms with E-state index in [-0.39, 0.29) is 6.03 Å². The van der Waals surface area contributed by atoms with E-state index in [0.717, 1.165) is 18.5 Å². The van der Waals surface area contributed by atoms with Crippen molar-refractivity contribution in [3.8, 4) is 5.82 Å². The van der Waals surface area contributed by atoms with E-state index in [2.05, 4.69) is 35.9 Å². The Morgan fingerprint density at radius 2 is 2.25 bits per heavy atom. The number of carbonyl (C=O) groups is 1. The van der Waals surface area contributed by atoms with Crippen LogP contribution in [-0.4, -0.2) is 42.5 Å². The molecule has 0 bridgehead atoms. The van der Waals surface area contributed by atoms with Gasteiger partial charge in [0.25, 0.3) is 0 Å². The van der Waals surface area contributed by atoms with Crippen molar-refractivity contribution in [2.24, 2.45) is 0 Å². The lowest BCUT2D eigenvalue weighted by Crippen LogP contribution is -2.29. The van der Waals surface area contributed by atoms with Gasteiger partial charge in [0.05, 0.1) is 18.1 Å². The van der Waals surface area contributed by atoms with Crippen LogP contribution in [0.3, 0.4) is 0 Å². The Morgan fingerprint density at radius 3 is 2.92 bits per heavy atom. The van der Waals surface area contributed by atoms with Crippen molar-refractivity contribution in [1.29, 1.82) is 0 Å². The average Bonchev–Trinajstić information content (AvgIpc) is 3.24. The van der Waals surface area contributed by atoms with Gasteiger partial charge in [-0.15, -0.1) is 0 Å². The number of aromatic nitrogens is 6. The van der Waals surface area contributed by atoms with Gasteiger partial charge >= 0.3 is 6.03 Å². The molecule has 3 N–H and O–H groups in total. The molecule has 24 heavy (non-hydrogen) atoms. The largest absolute Gasteiger partial charge is 0.338 e. The second-order valence-electron chi connectivity index (χ2n) is 5.25. The standard InChI is InChI=1S/C15H18N8O/c1-11-12(7-19-22-11)3-2-6-17-15(24)21-13-4-5-14(18-8-13)23-10-16-9-20-23/h4-5,7-10H,2-3,6H2,1H3,(H,19,22)(H2,17,21,24). The number of nitrogens with one attached hydrogen (secondary N) is 3. The van der Waals surface area contributed by atoms with E-state index in [1.165, 1.54) is 11.9 Å². The Bertz CT molecular complexity index is 778. The normalized spacial score (nSPS) is 10.5. The molecule has 2 amide bonds. The first-order valence-corrected chi connectivity index (χ1v) is 7.57. The van der Waals surface area contributed by atoms with Crippen molar-refractivity contribution in [1.82, 2.24) is 35.3 Å². The van der Waals surface area contributed by atoms with Crippen molar-refractivity contribution in [3.05, 3.63) is 48.4 Å². The molecule has 0 spiro atoms. The van der Waals surface area contributed by atoms with Crippen LogP contribution in [-0.2, 0) is 6.42 Å². The summed E-state index contributed by atoms with van der Waals surface area (Å²) in [4.78, 5) is 19.9. The van der Waals surface area contributed by atoms with Crippen LogP contribution in [0.25, 0.3) is 5.82 Å². The fraction of sp³-hybridized carbons (Fsp3) is 0.267. The number of aromatic amines is 1. The van der Waals surface area contributed by atoms with Gasteiger partial charge in [-0.1, -0.05) is 0 Å². The second-order valence-corrected chi connectivity index (χ2v) is 5.25. The molecule has 0 fully saturated rings. The molecular weight excluding hydrogens is 308 g/mol. The zero-order valence-electron chi connectivity index (χ0n) is 13.2. The number of pyridine rings is 1. The van der Waals surface area contributed by atoms with Crippen molar-refractivity contribution < 1.29 is 4.79 Å². The molecule has 0 saturated heterocycles. The van der Waals surface area contributed by atoms with E-state index in [0.29, 0.717) is 18.1 Å². The molecule has 0 saturated carbocycles. The Morgan fingerprint density at radius 1 is 1.33 bits per heavy atom. The SMILES string of the molecule is Cc1[nH]ncc1CCCNC(=O)Nc1ccc(-n2cncn2)nc1. The highest BCUT2D eigenvalue weighted by molar-refractivity contribution is 5.88. The molecule has 124 valence electrons. The van der Waals surface area contributed by atoms with Gasteiger partial charge in [-0.3, -0.25) is 5.10 Å². The predicted octanol–water partition coefficient (Wildman–Crippen LogP) is 1.45. The van der Waals surface area contributed by atoms with Crippen LogP contribution < -0.4 is 10.6 Å². The number of urea groups is 1. The minimum atomic E-state index is -0.255. The molecule has 3 aromatic rings. The number of hydrogen-bond acceptors (Lipinski definition) is 5. The third kappa shape index (κ3) is 3.94. The lowest BCUT2D eigenvalue weighted by Gasteiger charge is -2.08. The molecule has 9 heteroatoms. The molecular formula is C15H18N8O. The molecule has 9 nitrogen and oxygen atoms in total. The summed E-state index contributed by atoms with van der Waals surface area (Å²) in [6.07, 6.45) is 8.10. The quantitative estimate of drug-likeness (QED) is 0.593. The maximum Gasteiger partial charge on any atom is 0.319 e. The summed E-state index contributed by atoms with van der Waals surface area (Å²) in [6, 6.07) is 3.26. The number of amides is 2. The molecule has 3 aromatic heterocycles. The molecule has 0 radical (unpaired) electrons. The van der Waals surface area contributed by atoms with Crippen LogP contribution in [0.2, 0.25) is 0 Å². The molecule has 0 unspecified atom stereocenters. The van der Waals surface area contributed by atoms with Gasteiger partial charge in [-0.05, 0) is 37.5 Å². The van der Waals surface area contributed by atoms with E-state index < -0.39 is 0 Å². The molecule has 3 heterocycles. The summed E-state index contributed by atoms with van der Waals surface area (Å²) in [5.41, 5.74) is 2.85. The third-order valence-electron chi connectivity index (χ3n) is 3.50. The fourth-order valence-corrected chi connectivity index (χ4v) is 2.21. The van der Waals surface area contributed by atoms with E-state index >= 15 is 0 Å². The summed E-state index contributed by atoms with van der Waals surface area (Å²) in [5, 5.41) is 16.4. The van der Waals surface area contributed by atoms with Gasteiger partial charge in [-0.25, -0.2) is 19.4 Å². The van der Waals surface area contributed by atoms with Crippen molar-refractivity contribution in [2.75, 3.05) is 11.9 Å². The van der Waals surface area contributed by atoms with Crippen molar-refractivity contribution in [2.45, 2.75) is 19.8 Å². The first-order valence-electron chi connectivity index (χ1n) is 7.57. The number of nitrogens with zero attached hydrogens (tertiary/aromatic N) is 5. The topological polar surface area (TPSA) is 113 Å². The smallest absolute Gasteiger partial charge is 0.319 e. The number of anilines is 1. The van der Waals surface area contributed by atoms with Crippen LogP contribution in [0.5, 0.6) is 0 Å². The predicted molar refractivity (Wildman–Crippen MR) is 87.8 cm³/mol. The maximum absolute atomic E-state index is 11.9. The molecule has 0 aliphatic rings. The summed E-state index contributed by atoms with van der Waals surface area (Å²) >= 11 is 0. The number of aryl methyl sites for hydroxylation is 2. The zero-order chi connectivity index (χ0) is 16.8. The monoisotopic (exact) mass is 326 g/mol. The molecule has 0 aliphatic heterocycles. The number of hydrogen-bond donors (Lipinski definition) is 3. The Balaban J connectivity index is 1.42. The third-order valence-corrected chi connectivity index (χ3v) is 3.50. The molecule has 0 atom stereocenters.